The van der Waals surface area contributed by atoms with Gasteiger partial charge in [-0.05, 0) is 62.3 Å². The van der Waals surface area contributed by atoms with Crippen LogP contribution in [0.1, 0.15) is 42.7 Å². The van der Waals surface area contributed by atoms with Crippen LogP contribution in [0.5, 0.6) is 5.75 Å². The summed E-state index contributed by atoms with van der Waals surface area (Å²) in [5.41, 5.74) is 2.52. The van der Waals surface area contributed by atoms with Gasteiger partial charge in [0.1, 0.15) is 5.75 Å². The Morgan fingerprint density at radius 3 is 2.78 bits per heavy atom. The lowest BCUT2D eigenvalue weighted by Crippen LogP contribution is -2.23. The second-order valence-electron chi connectivity index (χ2n) is 5.47. The molecule has 0 radical (unpaired) electrons. The molecule has 1 unspecified atom stereocenters. The highest BCUT2D eigenvalue weighted by Crippen LogP contribution is 2.48. The molecular formula is C15H20ClNO. The lowest BCUT2D eigenvalue weighted by Gasteiger charge is -2.15. The Kier molecular flexibility index (Phi) is 3.49. The Morgan fingerprint density at radius 2 is 2.17 bits per heavy atom. The molecule has 0 spiro atoms. The van der Waals surface area contributed by atoms with Gasteiger partial charge in [0, 0.05) is 16.6 Å². The van der Waals surface area contributed by atoms with Crippen LogP contribution < -0.4 is 10.1 Å². The van der Waals surface area contributed by atoms with E-state index in [1.807, 2.05) is 0 Å². The summed E-state index contributed by atoms with van der Waals surface area (Å²) < 4.78 is 5.53. The molecule has 0 bridgehead atoms. The standard InChI is InChI=1S/C15H20ClNO/c1-18-14-9-10(7-12-3-2-6-17-12)8-13(16)15(14)11-4-5-11/h8-9,11-12,17H,2-7H2,1H3. The normalized spacial score (nSPS) is 23.3. The van der Waals surface area contributed by atoms with Gasteiger partial charge in [0.15, 0.2) is 0 Å². The average Bonchev–Trinajstić information content (AvgIpc) is 3.06. The maximum absolute atomic E-state index is 6.43. The third-order valence-corrected chi connectivity index (χ3v) is 4.31. The van der Waals surface area contributed by atoms with Gasteiger partial charge in [-0.1, -0.05) is 11.6 Å². The Hall–Kier alpha value is -0.730. The molecule has 1 heterocycles. The molecule has 3 rings (SSSR count). The van der Waals surface area contributed by atoms with E-state index in [0.29, 0.717) is 12.0 Å². The summed E-state index contributed by atoms with van der Waals surface area (Å²) in [5, 5.41) is 4.42. The first-order chi connectivity index (χ1) is 8.78. The number of hydrogen-bond acceptors (Lipinski definition) is 2. The van der Waals surface area contributed by atoms with Gasteiger partial charge in [0.2, 0.25) is 0 Å². The third-order valence-electron chi connectivity index (χ3n) is 4.00. The van der Waals surface area contributed by atoms with Crippen LogP contribution in [0.2, 0.25) is 5.02 Å². The van der Waals surface area contributed by atoms with Crippen LogP contribution in [0.15, 0.2) is 12.1 Å². The molecule has 98 valence electrons. The van der Waals surface area contributed by atoms with E-state index in [-0.39, 0.29) is 0 Å². The summed E-state index contributed by atoms with van der Waals surface area (Å²) in [6.07, 6.45) is 6.11. The SMILES string of the molecule is COc1cc(CC2CCCN2)cc(Cl)c1C1CC1. The first kappa shape index (κ1) is 12.3. The van der Waals surface area contributed by atoms with Crippen molar-refractivity contribution in [1.82, 2.24) is 5.32 Å². The zero-order valence-electron chi connectivity index (χ0n) is 10.8. The highest BCUT2D eigenvalue weighted by molar-refractivity contribution is 6.31. The number of benzene rings is 1. The van der Waals surface area contributed by atoms with Crippen molar-refractivity contribution in [3.05, 3.63) is 28.3 Å². The second-order valence-corrected chi connectivity index (χ2v) is 5.87. The van der Waals surface area contributed by atoms with E-state index in [1.54, 1.807) is 7.11 Å². The Bertz CT molecular complexity index is 436. The van der Waals surface area contributed by atoms with Gasteiger partial charge in [-0.3, -0.25) is 0 Å². The van der Waals surface area contributed by atoms with Crippen molar-refractivity contribution in [3.8, 4) is 5.75 Å². The Balaban J connectivity index is 1.84. The number of nitrogens with one attached hydrogen (secondary N) is 1. The van der Waals surface area contributed by atoms with E-state index >= 15 is 0 Å². The summed E-state index contributed by atoms with van der Waals surface area (Å²) in [5.74, 6) is 1.61. The molecule has 0 aromatic heterocycles. The quantitative estimate of drug-likeness (QED) is 0.899. The van der Waals surface area contributed by atoms with Crippen molar-refractivity contribution in [2.24, 2.45) is 0 Å². The minimum absolute atomic E-state index is 0.609. The fraction of sp³-hybridized carbons (Fsp3) is 0.600. The summed E-state index contributed by atoms with van der Waals surface area (Å²) in [6.45, 7) is 1.15. The van der Waals surface area contributed by atoms with Gasteiger partial charge in [0.25, 0.3) is 0 Å². The molecule has 2 nitrogen and oxygen atoms in total. The molecule has 1 aromatic rings. The van der Waals surface area contributed by atoms with Crippen LogP contribution in [0, 0.1) is 0 Å². The minimum atomic E-state index is 0.609. The predicted molar refractivity (Wildman–Crippen MR) is 74.7 cm³/mol. The average molecular weight is 266 g/mol. The van der Waals surface area contributed by atoms with E-state index in [2.05, 4.69) is 17.4 Å². The summed E-state index contributed by atoms with van der Waals surface area (Å²) in [4.78, 5) is 0. The van der Waals surface area contributed by atoms with E-state index in [0.717, 1.165) is 23.7 Å². The van der Waals surface area contributed by atoms with Crippen LogP contribution in [0.4, 0.5) is 0 Å². The summed E-state index contributed by atoms with van der Waals surface area (Å²) >= 11 is 6.43. The Morgan fingerprint density at radius 1 is 1.33 bits per heavy atom. The van der Waals surface area contributed by atoms with Crippen molar-refractivity contribution in [2.75, 3.05) is 13.7 Å². The zero-order valence-corrected chi connectivity index (χ0v) is 11.6. The van der Waals surface area contributed by atoms with Gasteiger partial charge in [-0.25, -0.2) is 0 Å². The summed E-state index contributed by atoms with van der Waals surface area (Å²) in [7, 11) is 1.75. The highest BCUT2D eigenvalue weighted by atomic mass is 35.5. The molecule has 1 atom stereocenters. The smallest absolute Gasteiger partial charge is 0.124 e. The van der Waals surface area contributed by atoms with E-state index in [1.165, 1.54) is 36.8 Å². The highest BCUT2D eigenvalue weighted by Gasteiger charge is 2.29. The molecule has 2 aliphatic rings. The van der Waals surface area contributed by atoms with Crippen LogP contribution in [-0.4, -0.2) is 19.7 Å². The molecule has 1 aliphatic carbocycles. The first-order valence-corrected chi connectivity index (χ1v) is 7.25. The van der Waals surface area contributed by atoms with Gasteiger partial charge < -0.3 is 10.1 Å². The van der Waals surface area contributed by atoms with Gasteiger partial charge in [-0.15, -0.1) is 0 Å². The first-order valence-electron chi connectivity index (χ1n) is 6.87. The number of ether oxygens (including phenoxy) is 1. The van der Waals surface area contributed by atoms with Gasteiger partial charge in [-0.2, -0.15) is 0 Å². The maximum Gasteiger partial charge on any atom is 0.124 e. The number of methoxy groups -OCH3 is 1. The van der Waals surface area contributed by atoms with Crippen molar-refractivity contribution in [2.45, 2.75) is 44.1 Å². The number of hydrogen-bond donors (Lipinski definition) is 1. The topological polar surface area (TPSA) is 21.3 Å². The van der Waals surface area contributed by atoms with Crippen molar-refractivity contribution < 1.29 is 4.74 Å². The molecule has 3 heteroatoms. The molecule has 2 fully saturated rings. The zero-order chi connectivity index (χ0) is 12.5. The van der Waals surface area contributed by atoms with Crippen molar-refractivity contribution in [3.63, 3.8) is 0 Å². The number of rotatable bonds is 4. The van der Waals surface area contributed by atoms with Crippen molar-refractivity contribution >= 4 is 11.6 Å². The van der Waals surface area contributed by atoms with E-state index < -0.39 is 0 Å². The largest absolute Gasteiger partial charge is 0.496 e. The molecular weight excluding hydrogens is 246 g/mol. The van der Waals surface area contributed by atoms with Crippen LogP contribution >= 0.6 is 11.6 Å². The predicted octanol–water partition coefficient (Wildman–Crippen LogP) is 3.52. The number of halogens is 1. The lowest BCUT2D eigenvalue weighted by molar-refractivity contribution is 0.409. The molecule has 1 saturated heterocycles. The fourth-order valence-corrected chi connectivity index (χ4v) is 3.30. The molecule has 18 heavy (non-hydrogen) atoms. The van der Waals surface area contributed by atoms with E-state index in [4.69, 9.17) is 16.3 Å². The fourth-order valence-electron chi connectivity index (χ4n) is 2.92. The minimum Gasteiger partial charge on any atom is -0.496 e. The van der Waals surface area contributed by atoms with Crippen LogP contribution in [0.25, 0.3) is 0 Å². The van der Waals surface area contributed by atoms with Crippen LogP contribution in [0.3, 0.4) is 0 Å². The molecule has 1 N–H and O–H groups in total. The van der Waals surface area contributed by atoms with E-state index in [9.17, 15) is 0 Å². The van der Waals surface area contributed by atoms with Crippen molar-refractivity contribution in [1.29, 1.82) is 0 Å². The molecule has 1 aliphatic heterocycles. The monoisotopic (exact) mass is 265 g/mol. The maximum atomic E-state index is 6.43. The van der Waals surface area contributed by atoms with Gasteiger partial charge in [0.05, 0.1) is 7.11 Å². The lowest BCUT2D eigenvalue weighted by atomic mass is 10.0. The van der Waals surface area contributed by atoms with Crippen LogP contribution in [-0.2, 0) is 6.42 Å². The Labute approximate surface area is 114 Å². The molecule has 0 amide bonds. The second kappa shape index (κ2) is 5.10. The van der Waals surface area contributed by atoms with Gasteiger partial charge >= 0.3 is 0 Å². The summed E-state index contributed by atoms with van der Waals surface area (Å²) in [6, 6.07) is 4.93. The third kappa shape index (κ3) is 2.50. The molecule has 1 aromatic carbocycles. The molecule has 1 saturated carbocycles.